The fourth-order valence-electron chi connectivity index (χ4n) is 1.24. The molecule has 0 aliphatic rings. The molecule has 0 radical (unpaired) electrons. The standard InChI is InChI=1S/C10H10O6/c11-6-1-2-8(12)5(3-6)4-7(9(13)14)10(15)16/h1-3,7,11-12H,4H2,(H,13,14)(H,15,16). The number of rotatable bonds is 4. The number of phenolic OH excluding ortho intramolecular Hbond substituents is 2. The van der Waals surface area contributed by atoms with Gasteiger partial charge in [-0.15, -0.1) is 0 Å². The number of hydrogen-bond acceptors (Lipinski definition) is 4. The topological polar surface area (TPSA) is 115 Å². The van der Waals surface area contributed by atoms with E-state index in [0.29, 0.717) is 0 Å². The van der Waals surface area contributed by atoms with Gasteiger partial charge in [-0.05, 0) is 23.8 Å². The number of carboxylic acids is 2. The van der Waals surface area contributed by atoms with Crippen LogP contribution in [0.5, 0.6) is 11.5 Å². The summed E-state index contributed by atoms with van der Waals surface area (Å²) in [6, 6.07) is 3.52. The van der Waals surface area contributed by atoms with Crippen molar-refractivity contribution >= 4 is 11.9 Å². The Labute approximate surface area is 90.4 Å². The highest BCUT2D eigenvalue weighted by molar-refractivity contribution is 5.93. The Bertz CT molecular complexity index is 411. The largest absolute Gasteiger partial charge is 0.508 e. The van der Waals surface area contributed by atoms with Crippen LogP contribution in [0.3, 0.4) is 0 Å². The van der Waals surface area contributed by atoms with Crippen molar-refractivity contribution in [2.75, 3.05) is 0 Å². The first kappa shape index (κ1) is 11.8. The maximum absolute atomic E-state index is 10.6. The first-order valence-electron chi connectivity index (χ1n) is 4.38. The van der Waals surface area contributed by atoms with Crippen LogP contribution in [0.1, 0.15) is 5.56 Å². The minimum Gasteiger partial charge on any atom is -0.508 e. The minimum absolute atomic E-state index is 0.0785. The zero-order valence-corrected chi connectivity index (χ0v) is 8.12. The van der Waals surface area contributed by atoms with Crippen molar-refractivity contribution in [3.8, 4) is 11.5 Å². The van der Waals surface area contributed by atoms with Crippen LogP contribution in [0.15, 0.2) is 18.2 Å². The molecule has 0 atom stereocenters. The summed E-state index contributed by atoms with van der Waals surface area (Å²) in [6.07, 6.45) is -0.384. The van der Waals surface area contributed by atoms with Crippen LogP contribution in [0.4, 0.5) is 0 Å². The molecule has 4 N–H and O–H groups in total. The molecule has 0 unspecified atom stereocenters. The van der Waals surface area contributed by atoms with Gasteiger partial charge in [0.25, 0.3) is 0 Å². The highest BCUT2D eigenvalue weighted by Crippen LogP contribution is 2.24. The van der Waals surface area contributed by atoms with Gasteiger partial charge in [0, 0.05) is 6.42 Å². The third-order valence-corrected chi connectivity index (χ3v) is 2.08. The highest BCUT2D eigenvalue weighted by Gasteiger charge is 2.27. The average Bonchev–Trinajstić information content (AvgIpc) is 2.18. The van der Waals surface area contributed by atoms with Crippen LogP contribution in [-0.2, 0) is 16.0 Å². The second-order valence-electron chi connectivity index (χ2n) is 3.25. The van der Waals surface area contributed by atoms with Gasteiger partial charge in [-0.1, -0.05) is 0 Å². The van der Waals surface area contributed by atoms with E-state index >= 15 is 0 Å². The van der Waals surface area contributed by atoms with Gasteiger partial charge >= 0.3 is 11.9 Å². The SMILES string of the molecule is O=C(O)C(Cc1cc(O)ccc1O)C(=O)O. The summed E-state index contributed by atoms with van der Waals surface area (Å²) < 4.78 is 0. The Balaban J connectivity index is 2.97. The van der Waals surface area contributed by atoms with E-state index in [4.69, 9.17) is 15.3 Å². The molecule has 1 rings (SSSR count). The zero-order valence-electron chi connectivity index (χ0n) is 8.12. The van der Waals surface area contributed by atoms with Crippen molar-refractivity contribution in [1.82, 2.24) is 0 Å². The lowest BCUT2D eigenvalue weighted by molar-refractivity contribution is -0.154. The predicted molar refractivity (Wildman–Crippen MR) is 52.2 cm³/mol. The van der Waals surface area contributed by atoms with E-state index in [1.165, 1.54) is 12.1 Å². The molecule has 1 aromatic carbocycles. The molecule has 16 heavy (non-hydrogen) atoms. The lowest BCUT2D eigenvalue weighted by Crippen LogP contribution is -2.25. The molecule has 0 aliphatic heterocycles. The monoisotopic (exact) mass is 226 g/mol. The molecule has 6 heteroatoms. The Hall–Kier alpha value is -2.24. The van der Waals surface area contributed by atoms with E-state index in [1.54, 1.807) is 0 Å². The molecule has 0 aromatic heterocycles. The number of carboxylic acid groups (broad SMARTS) is 2. The molecule has 86 valence electrons. The summed E-state index contributed by atoms with van der Waals surface area (Å²) in [6.45, 7) is 0. The van der Waals surface area contributed by atoms with Crippen molar-refractivity contribution in [3.63, 3.8) is 0 Å². The molecule has 0 spiro atoms. The molecular weight excluding hydrogens is 216 g/mol. The number of phenols is 2. The highest BCUT2D eigenvalue weighted by atomic mass is 16.4. The second kappa shape index (κ2) is 4.52. The number of aliphatic carboxylic acids is 2. The van der Waals surface area contributed by atoms with E-state index in [-0.39, 0.29) is 23.5 Å². The zero-order chi connectivity index (χ0) is 12.3. The number of aromatic hydroxyl groups is 2. The fourth-order valence-corrected chi connectivity index (χ4v) is 1.24. The molecule has 0 amide bonds. The minimum atomic E-state index is -1.65. The summed E-state index contributed by atoms with van der Waals surface area (Å²) >= 11 is 0. The molecule has 1 aromatic rings. The quantitative estimate of drug-likeness (QED) is 0.437. The molecular formula is C10H10O6. The average molecular weight is 226 g/mol. The van der Waals surface area contributed by atoms with Crippen LogP contribution in [0.25, 0.3) is 0 Å². The Morgan fingerprint density at radius 3 is 2.19 bits per heavy atom. The third kappa shape index (κ3) is 2.63. The molecule has 0 saturated carbocycles. The first-order chi connectivity index (χ1) is 7.41. The number of hydrogen-bond donors (Lipinski definition) is 4. The van der Waals surface area contributed by atoms with Crippen LogP contribution >= 0.6 is 0 Å². The predicted octanol–water partition coefficient (Wildman–Crippen LogP) is 0.426. The first-order valence-corrected chi connectivity index (χ1v) is 4.38. The normalized spacial score (nSPS) is 10.3. The Morgan fingerprint density at radius 2 is 1.69 bits per heavy atom. The van der Waals surface area contributed by atoms with Crippen molar-refractivity contribution in [2.24, 2.45) is 5.92 Å². The van der Waals surface area contributed by atoms with Gasteiger partial charge in [-0.2, -0.15) is 0 Å². The smallest absolute Gasteiger partial charge is 0.318 e. The van der Waals surface area contributed by atoms with Gasteiger partial charge in [0.1, 0.15) is 11.5 Å². The van der Waals surface area contributed by atoms with Crippen molar-refractivity contribution in [1.29, 1.82) is 0 Å². The molecule has 6 nitrogen and oxygen atoms in total. The van der Waals surface area contributed by atoms with Crippen molar-refractivity contribution < 1.29 is 30.0 Å². The van der Waals surface area contributed by atoms with E-state index in [9.17, 15) is 14.7 Å². The lowest BCUT2D eigenvalue weighted by Gasteiger charge is -2.09. The summed E-state index contributed by atoms with van der Waals surface area (Å²) in [7, 11) is 0. The molecule has 0 bridgehead atoms. The van der Waals surface area contributed by atoms with Gasteiger partial charge in [0.15, 0.2) is 5.92 Å². The van der Waals surface area contributed by atoms with Crippen molar-refractivity contribution in [3.05, 3.63) is 23.8 Å². The maximum Gasteiger partial charge on any atom is 0.318 e. The van der Waals surface area contributed by atoms with E-state index in [2.05, 4.69) is 0 Å². The van der Waals surface area contributed by atoms with Gasteiger partial charge in [0.05, 0.1) is 0 Å². The van der Waals surface area contributed by atoms with Gasteiger partial charge < -0.3 is 20.4 Å². The van der Waals surface area contributed by atoms with Gasteiger partial charge in [0.2, 0.25) is 0 Å². The summed E-state index contributed by atoms with van der Waals surface area (Å²) in [5.41, 5.74) is 0.0785. The Morgan fingerprint density at radius 1 is 1.12 bits per heavy atom. The number of benzene rings is 1. The van der Waals surface area contributed by atoms with Crippen LogP contribution in [0.2, 0.25) is 0 Å². The Kier molecular flexibility index (Phi) is 3.34. The molecule has 0 fully saturated rings. The van der Waals surface area contributed by atoms with Gasteiger partial charge in [-0.3, -0.25) is 9.59 Å². The fraction of sp³-hybridized carbons (Fsp3) is 0.200. The summed E-state index contributed by atoms with van der Waals surface area (Å²) in [4.78, 5) is 21.2. The van der Waals surface area contributed by atoms with E-state index in [1.807, 2.05) is 0 Å². The molecule has 0 heterocycles. The summed E-state index contributed by atoms with van der Waals surface area (Å²) in [5, 5.41) is 35.8. The molecule has 0 saturated heterocycles. The summed E-state index contributed by atoms with van der Waals surface area (Å²) in [5.74, 6) is -5.04. The lowest BCUT2D eigenvalue weighted by atomic mass is 9.99. The second-order valence-corrected chi connectivity index (χ2v) is 3.25. The van der Waals surface area contributed by atoms with Crippen LogP contribution < -0.4 is 0 Å². The van der Waals surface area contributed by atoms with E-state index in [0.717, 1.165) is 6.07 Å². The van der Waals surface area contributed by atoms with Crippen LogP contribution in [-0.4, -0.2) is 32.4 Å². The van der Waals surface area contributed by atoms with Crippen LogP contribution in [0, 0.1) is 5.92 Å². The van der Waals surface area contributed by atoms with Gasteiger partial charge in [-0.25, -0.2) is 0 Å². The van der Waals surface area contributed by atoms with E-state index < -0.39 is 17.9 Å². The van der Waals surface area contributed by atoms with Crippen molar-refractivity contribution in [2.45, 2.75) is 6.42 Å². The maximum atomic E-state index is 10.6. The third-order valence-electron chi connectivity index (χ3n) is 2.08. The number of carbonyl (C=O) groups is 2. The molecule has 0 aliphatic carbocycles.